The predicted molar refractivity (Wildman–Crippen MR) is 106 cm³/mol. The van der Waals surface area contributed by atoms with E-state index in [0.29, 0.717) is 12.2 Å². The summed E-state index contributed by atoms with van der Waals surface area (Å²) in [4.78, 5) is 12.5. The molecule has 0 saturated heterocycles. The fourth-order valence-corrected chi connectivity index (χ4v) is 3.81. The third kappa shape index (κ3) is 5.46. The number of hydrogen-bond acceptors (Lipinski definition) is 4. The Morgan fingerprint density at radius 2 is 1.67 bits per heavy atom. The summed E-state index contributed by atoms with van der Waals surface area (Å²) in [6.45, 7) is 3.84. The molecule has 1 atom stereocenters. The quantitative estimate of drug-likeness (QED) is 0.375. The molecule has 0 aliphatic heterocycles. The number of carbonyl (C=O) groups excluding carboxylic acids is 1. The number of hydrogen-bond donors (Lipinski definition) is 0. The fraction of sp³-hybridized carbons (Fsp3) is 0.435. The van der Waals surface area contributed by atoms with Gasteiger partial charge in [0.1, 0.15) is 11.4 Å². The zero-order valence-corrected chi connectivity index (χ0v) is 17.0. The fourth-order valence-electron chi connectivity index (χ4n) is 3.81. The summed E-state index contributed by atoms with van der Waals surface area (Å²) in [5.41, 5.74) is -0.587. The highest BCUT2D eigenvalue weighted by Crippen LogP contribution is 2.42. The van der Waals surface area contributed by atoms with Crippen LogP contribution in [0.15, 0.2) is 48.5 Å². The number of carbonyl (C=O) groups is 1. The largest absolute Gasteiger partial charge is 0.573 e. The first-order chi connectivity index (χ1) is 14.2. The molecule has 1 aliphatic carbocycles. The molecule has 30 heavy (non-hydrogen) atoms. The van der Waals surface area contributed by atoms with E-state index in [4.69, 9.17) is 9.47 Å². The Labute approximate surface area is 173 Å². The Hall–Kier alpha value is -2.70. The molecule has 0 bridgehead atoms. The van der Waals surface area contributed by atoms with E-state index in [9.17, 15) is 18.0 Å². The van der Waals surface area contributed by atoms with Crippen LogP contribution in [0, 0.1) is 5.92 Å². The van der Waals surface area contributed by atoms with Crippen molar-refractivity contribution in [2.75, 3.05) is 0 Å². The minimum absolute atomic E-state index is 0.0771. The molecule has 1 fully saturated rings. The molecule has 1 aliphatic rings. The van der Waals surface area contributed by atoms with Gasteiger partial charge in [-0.25, -0.2) is 4.79 Å². The molecule has 0 aromatic heterocycles. The van der Waals surface area contributed by atoms with E-state index in [1.807, 2.05) is 13.8 Å². The third-order valence-electron chi connectivity index (χ3n) is 5.62. The molecular formula is C23H25F3O4. The highest BCUT2D eigenvalue weighted by Gasteiger charge is 2.39. The zero-order valence-electron chi connectivity index (χ0n) is 17.0. The lowest BCUT2D eigenvalue weighted by Gasteiger charge is -2.36. The maximum Gasteiger partial charge on any atom is 0.573 e. The second kappa shape index (κ2) is 8.98. The maximum atomic E-state index is 12.9. The van der Waals surface area contributed by atoms with Crippen LogP contribution in [0.4, 0.5) is 13.2 Å². The van der Waals surface area contributed by atoms with E-state index in [1.165, 1.54) is 12.1 Å². The summed E-state index contributed by atoms with van der Waals surface area (Å²) in [6, 6.07) is 12.0. The van der Waals surface area contributed by atoms with Crippen molar-refractivity contribution >= 4 is 5.97 Å². The molecule has 0 amide bonds. The van der Waals surface area contributed by atoms with E-state index < -0.39 is 23.7 Å². The number of halogens is 3. The molecule has 2 aromatic rings. The summed E-state index contributed by atoms with van der Waals surface area (Å²) in [5, 5.41) is 0. The lowest BCUT2D eigenvalue weighted by atomic mass is 9.85. The van der Waals surface area contributed by atoms with Crippen LogP contribution in [-0.4, -0.2) is 17.9 Å². The van der Waals surface area contributed by atoms with Crippen LogP contribution in [0.5, 0.6) is 17.2 Å². The summed E-state index contributed by atoms with van der Waals surface area (Å²) >= 11 is 0. The summed E-state index contributed by atoms with van der Waals surface area (Å²) in [5.74, 6) is -0.725. The van der Waals surface area contributed by atoms with Crippen LogP contribution < -0.4 is 14.2 Å². The first-order valence-corrected chi connectivity index (χ1v) is 10.1. The standard InChI is InChI=1S/C23H25F3O4/c1-3-22(2,17-9-7-8-10-17)29-20-15-16(13-14-19(20)30-23(24,25)26)21(27)28-18-11-5-4-6-12-18/h4-6,11-15,17H,3,7-10H2,1-2H3. The molecule has 0 spiro atoms. The molecule has 4 nitrogen and oxygen atoms in total. The molecule has 1 unspecified atom stereocenters. The van der Waals surface area contributed by atoms with Gasteiger partial charge in [0, 0.05) is 0 Å². The maximum absolute atomic E-state index is 12.9. The number of ether oxygens (including phenoxy) is 3. The summed E-state index contributed by atoms with van der Waals surface area (Å²) in [6.07, 6.45) is -0.217. The lowest BCUT2D eigenvalue weighted by Crippen LogP contribution is -2.39. The van der Waals surface area contributed by atoms with Crippen LogP contribution in [0.3, 0.4) is 0 Å². The Balaban J connectivity index is 1.90. The van der Waals surface area contributed by atoms with Crippen molar-refractivity contribution < 1.29 is 32.2 Å². The van der Waals surface area contributed by atoms with Crippen LogP contribution in [0.2, 0.25) is 0 Å². The van der Waals surface area contributed by atoms with E-state index in [2.05, 4.69) is 4.74 Å². The number of alkyl halides is 3. The van der Waals surface area contributed by atoms with Crippen LogP contribution in [0.1, 0.15) is 56.3 Å². The van der Waals surface area contributed by atoms with Gasteiger partial charge in [-0.2, -0.15) is 0 Å². The number of esters is 1. The molecule has 0 N–H and O–H groups in total. The number of para-hydroxylation sites is 1. The monoisotopic (exact) mass is 422 g/mol. The van der Waals surface area contributed by atoms with Gasteiger partial charge in [0.05, 0.1) is 5.56 Å². The van der Waals surface area contributed by atoms with E-state index >= 15 is 0 Å². The normalized spacial score (nSPS) is 16.7. The summed E-state index contributed by atoms with van der Waals surface area (Å²) < 4.78 is 54.3. The Kier molecular flexibility index (Phi) is 6.58. The van der Waals surface area contributed by atoms with Gasteiger partial charge in [0.25, 0.3) is 0 Å². The van der Waals surface area contributed by atoms with Crippen LogP contribution in [-0.2, 0) is 0 Å². The first kappa shape index (κ1) is 22.0. The third-order valence-corrected chi connectivity index (χ3v) is 5.62. The summed E-state index contributed by atoms with van der Waals surface area (Å²) in [7, 11) is 0. The van der Waals surface area contributed by atoms with Gasteiger partial charge in [-0.05, 0) is 62.4 Å². The van der Waals surface area contributed by atoms with Crippen molar-refractivity contribution in [2.45, 2.75) is 57.9 Å². The van der Waals surface area contributed by atoms with Crippen molar-refractivity contribution in [3.05, 3.63) is 54.1 Å². The Morgan fingerprint density at radius 1 is 1.00 bits per heavy atom. The Morgan fingerprint density at radius 3 is 2.27 bits per heavy atom. The molecule has 7 heteroatoms. The van der Waals surface area contributed by atoms with Gasteiger partial charge in [0.2, 0.25) is 0 Å². The second-order valence-corrected chi connectivity index (χ2v) is 7.66. The molecule has 162 valence electrons. The second-order valence-electron chi connectivity index (χ2n) is 7.66. The Bertz CT molecular complexity index is 860. The van der Waals surface area contributed by atoms with Crippen molar-refractivity contribution in [3.63, 3.8) is 0 Å². The predicted octanol–water partition coefficient (Wildman–Crippen LogP) is 6.54. The number of benzene rings is 2. The van der Waals surface area contributed by atoms with Crippen molar-refractivity contribution in [2.24, 2.45) is 5.92 Å². The van der Waals surface area contributed by atoms with Gasteiger partial charge in [0.15, 0.2) is 11.5 Å². The van der Waals surface area contributed by atoms with Gasteiger partial charge in [-0.1, -0.05) is 38.0 Å². The first-order valence-electron chi connectivity index (χ1n) is 10.1. The van der Waals surface area contributed by atoms with E-state index in [-0.39, 0.29) is 17.2 Å². The highest BCUT2D eigenvalue weighted by atomic mass is 19.4. The zero-order chi connectivity index (χ0) is 21.8. The van der Waals surface area contributed by atoms with E-state index in [1.54, 1.807) is 30.3 Å². The molecule has 0 radical (unpaired) electrons. The van der Waals surface area contributed by atoms with Gasteiger partial charge >= 0.3 is 12.3 Å². The topological polar surface area (TPSA) is 44.8 Å². The molecule has 0 heterocycles. The van der Waals surface area contributed by atoms with Gasteiger partial charge in [-0.15, -0.1) is 13.2 Å². The minimum Gasteiger partial charge on any atom is -0.483 e. The minimum atomic E-state index is -4.87. The van der Waals surface area contributed by atoms with E-state index in [0.717, 1.165) is 31.7 Å². The molecular weight excluding hydrogens is 397 g/mol. The number of rotatable bonds is 7. The smallest absolute Gasteiger partial charge is 0.483 e. The van der Waals surface area contributed by atoms with Crippen molar-refractivity contribution in [3.8, 4) is 17.2 Å². The molecule has 2 aromatic carbocycles. The molecule has 3 rings (SSSR count). The van der Waals surface area contributed by atoms with Crippen molar-refractivity contribution in [1.29, 1.82) is 0 Å². The highest BCUT2D eigenvalue weighted by molar-refractivity contribution is 5.91. The van der Waals surface area contributed by atoms with Crippen LogP contribution in [0.25, 0.3) is 0 Å². The van der Waals surface area contributed by atoms with Gasteiger partial charge < -0.3 is 14.2 Å². The average Bonchev–Trinajstić information content (AvgIpc) is 3.24. The van der Waals surface area contributed by atoms with Crippen LogP contribution >= 0.6 is 0 Å². The SMILES string of the molecule is CCC(C)(Oc1cc(C(=O)Oc2ccccc2)ccc1OC(F)(F)F)C1CCCC1. The van der Waals surface area contributed by atoms with Gasteiger partial charge in [-0.3, -0.25) is 0 Å². The van der Waals surface area contributed by atoms with Crippen molar-refractivity contribution in [1.82, 2.24) is 0 Å². The average molecular weight is 422 g/mol. The lowest BCUT2D eigenvalue weighted by molar-refractivity contribution is -0.275. The molecule has 1 saturated carbocycles.